The number of halogens is 1. The average Bonchev–Trinajstić information content (AvgIpc) is 3.56. The highest BCUT2D eigenvalue weighted by molar-refractivity contribution is 8.00. The van der Waals surface area contributed by atoms with Crippen LogP contribution in [0.1, 0.15) is 62.3 Å². The van der Waals surface area contributed by atoms with Crippen LogP contribution in [0.3, 0.4) is 0 Å². The van der Waals surface area contributed by atoms with Gasteiger partial charge in [-0.3, -0.25) is 43.2 Å². The Balaban J connectivity index is 2.22. The second kappa shape index (κ2) is 28.7. The SMILES string of the molecule is COC(=O)C1(F)OC([C@H](OC(C)=O)[C@@H](COC(C)=O)OC2(C(=O)OC)OC([C@H](OC(C)=O)[C@@H](COC(C)=O)OC(C)=O)C(NC(C)=O)C(OC(C)=O)C2Sc2ccccc2)C(NC(C)=O)C(OC(C)=O)C1Sc1ccccc1. The molecule has 4 rings (SSSR count). The van der Waals surface area contributed by atoms with Crippen LogP contribution >= 0.6 is 23.5 Å². The summed E-state index contributed by atoms with van der Waals surface area (Å²) in [4.78, 5) is 147. The molecule has 78 heavy (non-hydrogen) atoms. The Bertz CT molecular complexity index is 2510. The maximum Gasteiger partial charge on any atom is 0.373 e. The Labute approximate surface area is 455 Å². The quantitative estimate of drug-likeness (QED) is 0.119. The van der Waals surface area contributed by atoms with Crippen molar-refractivity contribution in [2.45, 2.75) is 155 Å². The number of carbonyl (C=O) groups excluding carboxylic acids is 11. The zero-order chi connectivity index (χ0) is 58.2. The van der Waals surface area contributed by atoms with Crippen molar-refractivity contribution >= 4 is 89.1 Å². The standard InChI is InChI=1S/C50H61FN2O23S2/c1-24(54)52-37-41(75-49(51,47(63)65-10)45(43(37)72-31(8)61)77-33-18-14-12-15-19-33)40(71-30(7)60)36(23-68-27(4)57)74-50(48(64)66-11)46(78-34-20-16-13-17-21-34)44(73-32(9)62)38(53-25(2)55)42(76-50)39(70-29(6)59)35(69-28(5)58)22-67-26(3)56/h12-21,35-46H,22-23H2,1-11H3,(H,52,54)(H,53,55)/t35-,36-,37?,38?,39-,40-,41?,42?,43?,44?,45?,46?,49?,50?/m1/s1. The number of methoxy groups -OCH3 is 2. The number of ether oxygens (including phenoxy) is 12. The van der Waals surface area contributed by atoms with E-state index in [9.17, 15) is 47.9 Å². The number of amides is 2. The lowest BCUT2D eigenvalue weighted by Gasteiger charge is -2.54. The van der Waals surface area contributed by atoms with Crippen LogP contribution in [0, 0.1) is 0 Å². The molecule has 2 amide bonds. The van der Waals surface area contributed by atoms with Gasteiger partial charge < -0.3 is 67.5 Å². The minimum absolute atomic E-state index is 0.255. The second-order valence-corrected chi connectivity index (χ2v) is 19.8. The molecule has 0 radical (unpaired) electrons. The normalized spacial score (nSPS) is 26.1. The van der Waals surface area contributed by atoms with E-state index in [4.69, 9.17) is 56.8 Å². The molecule has 28 heteroatoms. The van der Waals surface area contributed by atoms with E-state index in [-0.39, 0.29) is 9.79 Å². The molecule has 2 heterocycles. The summed E-state index contributed by atoms with van der Waals surface area (Å²) >= 11 is 1.30. The van der Waals surface area contributed by atoms with Crippen molar-refractivity contribution in [2.24, 2.45) is 0 Å². The molecule has 2 fully saturated rings. The highest BCUT2D eigenvalue weighted by Gasteiger charge is 2.69. The molecule has 2 aromatic rings. The van der Waals surface area contributed by atoms with Crippen LogP contribution < -0.4 is 10.6 Å². The number of hydrogen-bond acceptors (Lipinski definition) is 25. The van der Waals surface area contributed by atoms with E-state index in [0.29, 0.717) is 23.5 Å². The lowest BCUT2D eigenvalue weighted by molar-refractivity contribution is -0.338. The van der Waals surface area contributed by atoms with E-state index >= 15 is 9.18 Å². The fourth-order valence-corrected chi connectivity index (χ4v) is 11.1. The average molecular weight is 1140 g/mol. The highest BCUT2D eigenvalue weighted by Crippen LogP contribution is 2.49. The van der Waals surface area contributed by atoms with Gasteiger partial charge >= 0.3 is 59.6 Å². The molecule has 10 unspecified atom stereocenters. The summed E-state index contributed by atoms with van der Waals surface area (Å²) in [5, 5.41) is 1.22. The van der Waals surface area contributed by atoms with Gasteiger partial charge in [-0.1, -0.05) is 36.4 Å². The van der Waals surface area contributed by atoms with E-state index in [1.54, 1.807) is 36.4 Å². The highest BCUT2D eigenvalue weighted by atomic mass is 32.2. The molecule has 0 spiro atoms. The molecule has 2 aliphatic rings. The van der Waals surface area contributed by atoms with Crippen LogP contribution in [-0.4, -0.2) is 176 Å². The monoisotopic (exact) mass is 1140 g/mol. The Kier molecular flexibility index (Phi) is 23.4. The molecule has 14 atom stereocenters. The van der Waals surface area contributed by atoms with Gasteiger partial charge in [-0.2, -0.15) is 4.39 Å². The van der Waals surface area contributed by atoms with Gasteiger partial charge in [0.05, 0.1) is 26.3 Å². The van der Waals surface area contributed by atoms with Gasteiger partial charge in [-0.15, -0.1) is 23.5 Å². The minimum Gasteiger partial charge on any atom is -0.465 e. The second-order valence-electron chi connectivity index (χ2n) is 17.3. The zero-order valence-electron chi connectivity index (χ0n) is 44.2. The maximum absolute atomic E-state index is 18.3. The van der Waals surface area contributed by atoms with Gasteiger partial charge in [0.15, 0.2) is 18.3 Å². The van der Waals surface area contributed by atoms with E-state index in [1.807, 2.05) is 0 Å². The third-order valence-electron chi connectivity index (χ3n) is 11.2. The van der Waals surface area contributed by atoms with Gasteiger partial charge in [-0.05, 0) is 24.3 Å². The van der Waals surface area contributed by atoms with Crippen molar-refractivity contribution in [3.05, 3.63) is 60.7 Å². The van der Waals surface area contributed by atoms with Crippen molar-refractivity contribution in [3.63, 3.8) is 0 Å². The van der Waals surface area contributed by atoms with Gasteiger partial charge in [-0.25, -0.2) is 9.59 Å². The molecule has 0 aromatic heterocycles. The summed E-state index contributed by atoms with van der Waals surface area (Å²) in [6.45, 7) is 6.46. The largest absolute Gasteiger partial charge is 0.465 e. The molecule has 0 saturated carbocycles. The van der Waals surface area contributed by atoms with E-state index in [0.717, 1.165) is 76.5 Å². The first-order valence-corrected chi connectivity index (χ1v) is 25.4. The van der Waals surface area contributed by atoms with Crippen LogP contribution in [0.4, 0.5) is 4.39 Å². The molecule has 2 N–H and O–H groups in total. The lowest BCUT2D eigenvalue weighted by atomic mass is 9.86. The first-order valence-electron chi connectivity index (χ1n) is 23.7. The van der Waals surface area contributed by atoms with Crippen LogP contribution in [-0.2, 0) is 110 Å². The molecule has 0 bridgehead atoms. The predicted molar refractivity (Wildman–Crippen MR) is 264 cm³/mol. The van der Waals surface area contributed by atoms with Gasteiger partial charge in [0.25, 0.3) is 5.79 Å². The summed E-state index contributed by atoms with van der Waals surface area (Å²) in [7, 11) is 1.65. The zero-order valence-corrected chi connectivity index (χ0v) is 45.8. The fourth-order valence-electron chi connectivity index (χ4n) is 8.51. The van der Waals surface area contributed by atoms with Crippen molar-refractivity contribution in [3.8, 4) is 0 Å². The number of hydrogen-bond donors (Lipinski definition) is 2. The summed E-state index contributed by atoms with van der Waals surface area (Å²) in [6.07, 6.45) is -17.2. The van der Waals surface area contributed by atoms with Crippen molar-refractivity contribution in [2.75, 3.05) is 27.4 Å². The number of rotatable bonds is 23. The fraction of sp³-hybridized carbons (Fsp3) is 0.540. The first-order chi connectivity index (χ1) is 36.7. The smallest absolute Gasteiger partial charge is 0.373 e. The van der Waals surface area contributed by atoms with Crippen LogP contribution in [0.5, 0.6) is 0 Å². The Morgan fingerprint density at radius 3 is 1.32 bits per heavy atom. The molecular weight excluding hydrogens is 1080 g/mol. The summed E-state index contributed by atoms with van der Waals surface area (Å²) < 4.78 is 87.7. The number of nitrogens with one attached hydrogen (secondary N) is 2. The molecule has 2 saturated heterocycles. The van der Waals surface area contributed by atoms with E-state index in [2.05, 4.69) is 10.6 Å². The first kappa shape index (κ1) is 63.7. The minimum atomic E-state index is -3.74. The van der Waals surface area contributed by atoms with Gasteiger partial charge in [0.2, 0.25) is 11.8 Å². The molecule has 428 valence electrons. The third-order valence-corrected chi connectivity index (χ3v) is 13.9. The molecule has 2 aliphatic heterocycles. The summed E-state index contributed by atoms with van der Waals surface area (Å²) in [5.41, 5.74) is 0. The summed E-state index contributed by atoms with van der Waals surface area (Å²) in [5.74, 6) is -19.7. The number of thioether (sulfide) groups is 2. The molecule has 25 nitrogen and oxygen atoms in total. The van der Waals surface area contributed by atoms with E-state index in [1.165, 1.54) is 24.3 Å². The number of esters is 9. The van der Waals surface area contributed by atoms with Crippen LogP contribution in [0.25, 0.3) is 0 Å². The third kappa shape index (κ3) is 16.8. The molecule has 2 aromatic carbocycles. The molecule has 0 aliphatic carbocycles. The van der Waals surface area contributed by atoms with Crippen LogP contribution in [0.15, 0.2) is 70.5 Å². The van der Waals surface area contributed by atoms with E-state index < -0.39 is 162 Å². The van der Waals surface area contributed by atoms with Crippen molar-refractivity contribution in [1.82, 2.24) is 10.6 Å². The Morgan fingerprint density at radius 2 is 0.923 bits per heavy atom. The topological polar surface area (TPSA) is 323 Å². The maximum atomic E-state index is 18.3. The summed E-state index contributed by atoms with van der Waals surface area (Å²) in [6, 6.07) is 11.9. The van der Waals surface area contributed by atoms with Crippen LogP contribution in [0.2, 0.25) is 0 Å². The molecular formula is C50H61FN2O23S2. The predicted octanol–water partition coefficient (Wildman–Crippen LogP) is 1.99. The van der Waals surface area contributed by atoms with Crippen molar-refractivity contribution < 1.29 is 114 Å². The van der Waals surface area contributed by atoms with Crippen molar-refractivity contribution in [1.29, 1.82) is 0 Å². The lowest BCUT2D eigenvalue weighted by Crippen LogP contribution is -2.76. The van der Waals surface area contributed by atoms with Gasteiger partial charge in [0, 0.05) is 72.1 Å². The Morgan fingerprint density at radius 1 is 0.526 bits per heavy atom. The Hall–Kier alpha value is -6.88. The van der Waals surface area contributed by atoms with Gasteiger partial charge in [0.1, 0.15) is 54.2 Å². The number of benzene rings is 2. The number of alkyl halides is 1. The number of carbonyl (C=O) groups is 11.